The van der Waals surface area contributed by atoms with Crippen molar-refractivity contribution in [3.63, 3.8) is 0 Å². The fourth-order valence-electron chi connectivity index (χ4n) is 2.66. The molecule has 3 heteroatoms. The van der Waals surface area contributed by atoms with Crippen molar-refractivity contribution in [2.24, 2.45) is 0 Å². The molecule has 1 aliphatic heterocycles. The van der Waals surface area contributed by atoms with Crippen LogP contribution in [0.25, 0.3) is 0 Å². The Morgan fingerprint density at radius 1 is 0.950 bits per heavy atom. The lowest BCUT2D eigenvalue weighted by molar-refractivity contribution is 0.0582. The van der Waals surface area contributed by atoms with Crippen LogP contribution in [-0.2, 0) is 9.47 Å². The van der Waals surface area contributed by atoms with Crippen molar-refractivity contribution in [3.05, 3.63) is 0 Å². The molecule has 20 heavy (non-hydrogen) atoms. The Morgan fingerprint density at radius 3 is 2.30 bits per heavy atom. The molecule has 1 unspecified atom stereocenters. The van der Waals surface area contributed by atoms with Crippen LogP contribution in [0.15, 0.2) is 0 Å². The van der Waals surface area contributed by atoms with Gasteiger partial charge in [0.2, 0.25) is 0 Å². The van der Waals surface area contributed by atoms with Gasteiger partial charge in [-0.05, 0) is 32.1 Å². The van der Waals surface area contributed by atoms with Crippen LogP contribution in [0.5, 0.6) is 0 Å². The van der Waals surface area contributed by atoms with E-state index in [1.54, 1.807) is 0 Å². The molecule has 0 aliphatic carbocycles. The van der Waals surface area contributed by atoms with Gasteiger partial charge in [0.15, 0.2) is 0 Å². The van der Waals surface area contributed by atoms with Crippen LogP contribution in [0.2, 0.25) is 0 Å². The number of unbranched alkanes of at least 4 members (excludes halogenated alkanes) is 8. The Balaban J connectivity index is 1.67. The van der Waals surface area contributed by atoms with Gasteiger partial charge in [-0.2, -0.15) is 5.26 Å². The zero-order valence-corrected chi connectivity index (χ0v) is 12.9. The van der Waals surface area contributed by atoms with E-state index in [-0.39, 0.29) is 0 Å². The summed E-state index contributed by atoms with van der Waals surface area (Å²) in [7, 11) is 0. The zero-order valence-electron chi connectivity index (χ0n) is 12.9. The number of hydrogen-bond acceptors (Lipinski definition) is 3. The molecular formula is C17H31NO2. The van der Waals surface area contributed by atoms with Crippen LogP contribution in [0.3, 0.4) is 0 Å². The maximum Gasteiger partial charge on any atom is 0.0621 e. The highest BCUT2D eigenvalue weighted by Gasteiger charge is 2.14. The second-order valence-corrected chi connectivity index (χ2v) is 5.77. The summed E-state index contributed by atoms with van der Waals surface area (Å²) in [5, 5.41) is 8.42. The molecule has 3 nitrogen and oxygen atoms in total. The van der Waals surface area contributed by atoms with E-state index in [4.69, 9.17) is 14.7 Å². The Hall–Kier alpha value is -0.590. The molecule has 1 atom stereocenters. The summed E-state index contributed by atoms with van der Waals surface area (Å²) in [5.74, 6) is 0. The molecule has 0 aromatic carbocycles. The molecule has 0 spiro atoms. The molecule has 1 heterocycles. The third-order valence-electron chi connectivity index (χ3n) is 3.94. The summed E-state index contributed by atoms with van der Waals surface area (Å²) in [5.41, 5.74) is 0. The van der Waals surface area contributed by atoms with Gasteiger partial charge in [-0.1, -0.05) is 38.5 Å². The van der Waals surface area contributed by atoms with Gasteiger partial charge in [-0.15, -0.1) is 0 Å². The van der Waals surface area contributed by atoms with Crippen LogP contribution < -0.4 is 0 Å². The van der Waals surface area contributed by atoms with Crippen molar-refractivity contribution in [1.82, 2.24) is 0 Å². The maximum atomic E-state index is 8.42. The minimum absolute atomic E-state index is 0.469. The van der Waals surface area contributed by atoms with Crippen molar-refractivity contribution < 1.29 is 9.47 Å². The van der Waals surface area contributed by atoms with E-state index >= 15 is 0 Å². The average Bonchev–Trinajstić information content (AvgIpc) is 2.97. The molecule has 0 amide bonds. The van der Waals surface area contributed by atoms with Crippen LogP contribution in [-0.4, -0.2) is 25.9 Å². The summed E-state index contributed by atoms with van der Waals surface area (Å²) < 4.78 is 11.2. The minimum atomic E-state index is 0.469. The molecule has 0 radical (unpaired) electrons. The average molecular weight is 281 g/mol. The van der Waals surface area contributed by atoms with Crippen molar-refractivity contribution in [1.29, 1.82) is 5.26 Å². The summed E-state index contributed by atoms with van der Waals surface area (Å²) >= 11 is 0. The number of rotatable bonds is 13. The summed E-state index contributed by atoms with van der Waals surface area (Å²) in [6.45, 7) is 2.72. The normalized spacial score (nSPS) is 18.2. The number of nitriles is 1. The van der Waals surface area contributed by atoms with Crippen LogP contribution >= 0.6 is 0 Å². The van der Waals surface area contributed by atoms with E-state index in [0.717, 1.165) is 39.1 Å². The molecule has 1 aliphatic rings. The Kier molecular flexibility index (Phi) is 11.7. The highest BCUT2D eigenvalue weighted by molar-refractivity contribution is 4.67. The summed E-state index contributed by atoms with van der Waals surface area (Å²) in [4.78, 5) is 0. The largest absolute Gasteiger partial charge is 0.381 e. The van der Waals surface area contributed by atoms with E-state index in [1.165, 1.54) is 57.8 Å². The lowest BCUT2D eigenvalue weighted by atomic mass is 10.1. The van der Waals surface area contributed by atoms with E-state index in [9.17, 15) is 0 Å². The van der Waals surface area contributed by atoms with E-state index < -0.39 is 0 Å². The molecule has 0 saturated carbocycles. The molecule has 1 fully saturated rings. The summed E-state index contributed by atoms with van der Waals surface area (Å²) in [6.07, 6.45) is 14.8. The van der Waals surface area contributed by atoms with Gasteiger partial charge in [0, 0.05) is 26.2 Å². The predicted octanol–water partition coefficient (Wildman–Crippen LogP) is 4.61. The van der Waals surface area contributed by atoms with Gasteiger partial charge in [0.1, 0.15) is 0 Å². The molecule has 0 aromatic rings. The first-order valence-electron chi connectivity index (χ1n) is 8.50. The number of hydrogen-bond donors (Lipinski definition) is 0. The highest BCUT2D eigenvalue weighted by Crippen LogP contribution is 2.15. The van der Waals surface area contributed by atoms with Crippen molar-refractivity contribution in [2.75, 3.05) is 19.8 Å². The second-order valence-electron chi connectivity index (χ2n) is 5.77. The first kappa shape index (κ1) is 17.5. The van der Waals surface area contributed by atoms with Crippen molar-refractivity contribution >= 4 is 0 Å². The lowest BCUT2D eigenvalue weighted by Crippen LogP contribution is -2.09. The Bertz CT molecular complexity index is 244. The standard InChI is InChI=1S/C17H31NO2/c18-13-8-6-4-2-1-3-5-7-9-14-19-16-12-17-11-10-15-20-17/h17H,1-12,14-16H2. The third-order valence-corrected chi connectivity index (χ3v) is 3.94. The number of nitrogens with zero attached hydrogens (tertiary/aromatic N) is 1. The molecule has 1 saturated heterocycles. The van der Waals surface area contributed by atoms with E-state index in [1.807, 2.05) is 0 Å². The van der Waals surface area contributed by atoms with Gasteiger partial charge in [0.05, 0.1) is 12.2 Å². The topological polar surface area (TPSA) is 42.2 Å². The minimum Gasteiger partial charge on any atom is -0.381 e. The van der Waals surface area contributed by atoms with Crippen molar-refractivity contribution in [3.8, 4) is 6.07 Å². The van der Waals surface area contributed by atoms with Crippen LogP contribution in [0.4, 0.5) is 0 Å². The van der Waals surface area contributed by atoms with E-state index in [0.29, 0.717) is 6.10 Å². The fourth-order valence-corrected chi connectivity index (χ4v) is 2.66. The van der Waals surface area contributed by atoms with Gasteiger partial charge in [-0.25, -0.2) is 0 Å². The lowest BCUT2D eigenvalue weighted by Gasteiger charge is -2.09. The van der Waals surface area contributed by atoms with Gasteiger partial charge in [-0.3, -0.25) is 0 Å². The summed E-state index contributed by atoms with van der Waals surface area (Å²) in [6, 6.07) is 2.20. The van der Waals surface area contributed by atoms with Crippen LogP contribution in [0, 0.1) is 11.3 Å². The van der Waals surface area contributed by atoms with Gasteiger partial charge < -0.3 is 9.47 Å². The van der Waals surface area contributed by atoms with Crippen molar-refractivity contribution in [2.45, 2.75) is 83.2 Å². The predicted molar refractivity (Wildman–Crippen MR) is 81.6 cm³/mol. The Labute approximate surface area is 124 Å². The van der Waals surface area contributed by atoms with E-state index in [2.05, 4.69) is 6.07 Å². The molecule has 0 aromatic heterocycles. The van der Waals surface area contributed by atoms with Gasteiger partial charge >= 0.3 is 0 Å². The monoisotopic (exact) mass is 281 g/mol. The fraction of sp³-hybridized carbons (Fsp3) is 0.941. The number of ether oxygens (including phenoxy) is 2. The third kappa shape index (κ3) is 10.2. The molecular weight excluding hydrogens is 250 g/mol. The molecule has 0 N–H and O–H groups in total. The van der Waals surface area contributed by atoms with Crippen LogP contribution in [0.1, 0.15) is 77.0 Å². The Morgan fingerprint density at radius 2 is 1.65 bits per heavy atom. The molecule has 116 valence electrons. The highest BCUT2D eigenvalue weighted by atomic mass is 16.5. The van der Waals surface area contributed by atoms with Gasteiger partial charge in [0.25, 0.3) is 0 Å². The quantitative estimate of drug-likeness (QED) is 0.463. The zero-order chi connectivity index (χ0) is 14.3. The SMILES string of the molecule is N#CCCCCCCCCCCOCCC1CCCO1. The first-order valence-corrected chi connectivity index (χ1v) is 8.50. The smallest absolute Gasteiger partial charge is 0.0621 e. The first-order chi connectivity index (χ1) is 9.93. The second kappa shape index (κ2) is 13.4. The molecule has 0 bridgehead atoms. The maximum absolute atomic E-state index is 8.42. The molecule has 1 rings (SSSR count).